The Hall–Kier alpha value is -0.410. The number of carbonyl (C=O) groups is 1. The highest BCUT2D eigenvalue weighted by Gasteiger charge is 2.73. The highest BCUT2D eigenvalue weighted by molar-refractivity contribution is 5.94. The number of aliphatic hydroxyl groups is 1. The zero-order valence-corrected chi connectivity index (χ0v) is 8.62. The first-order valence-corrected chi connectivity index (χ1v) is 5.36. The lowest BCUT2D eigenvalue weighted by molar-refractivity contribution is -0.137. The third-order valence-electron chi connectivity index (χ3n) is 4.90. The Morgan fingerprint density at radius 1 is 1.50 bits per heavy atom. The van der Waals surface area contributed by atoms with Gasteiger partial charge in [-0.05, 0) is 24.2 Å². The van der Waals surface area contributed by atoms with Gasteiger partial charge >= 0.3 is 0 Å². The summed E-state index contributed by atoms with van der Waals surface area (Å²) < 4.78 is 5.34. The first-order valence-electron chi connectivity index (χ1n) is 5.36. The molecule has 0 spiro atoms. The van der Waals surface area contributed by atoms with Crippen LogP contribution in [-0.2, 0) is 9.53 Å². The van der Waals surface area contributed by atoms with Crippen LogP contribution in [0.1, 0.15) is 26.7 Å². The molecule has 4 atom stereocenters. The average Bonchev–Trinajstić information content (AvgIpc) is 2.87. The molecule has 0 amide bonds. The van der Waals surface area contributed by atoms with Gasteiger partial charge in [-0.15, -0.1) is 0 Å². The van der Waals surface area contributed by atoms with E-state index in [1.165, 1.54) is 0 Å². The molecule has 2 bridgehead atoms. The summed E-state index contributed by atoms with van der Waals surface area (Å²) in [4.78, 5) is 12.1. The van der Waals surface area contributed by atoms with Gasteiger partial charge in [0.05, 0.1) is 18.1 Å². The second-order valence-electron chi connectivity index (χ2n) is 5.47. The Morgan fingerprint density at radius 2 is 2.14 bits per heavy atom. The van der Waals surface area contributed by atoms with E-state index >= 15 is 0 Å². The average molecular weight is 196 g/mol. The van der Waals surface area contributed by atoms with Crippen LogP contribution in [0.25, 0.3) is 0 Å². The summed E-state index contributed by atoms with van der Waals surface area (Å²) in [5, 5.41) is 9.86. The largest absolute Gasteiger partial charge is 0.385 e. The Morgan fingerprint density at radius 3 is 2.57 bits per heavy atom. The van der Waals surface area contributed by atoms with Gasteiger partial charge in [0.25, 0.3) is 0 Å². The van der Waals surface area contributed by atoms with Crippen molar-refractivity contribution >= 4 is 5.78 Å². The topological polar surface area (TPSA) is 49.8 Å². The summed E-state index contributed by atoms with van der Waals surface area (Å²) in [6, 6.07) is 0. The van der Waals surface area contributed by atoms with E-state index in [2.05, 4.69) is 13.8 Å². The molecule has 1 heterocycles. The normalized spacial score (nSPS) is 53.9. The summed E-state index contributed by atoms with van der Waals surface area (Å²) in [6.45, 7) is 4.93. The van der Waals surface area contributed by atoms with Crippen molar-refractivity contribution in [3.63, 3.8) is 0 Å². The third-order valence-corrected chi connectivity index (χ3v) is 4.90. The first-order chi connectivity index (χ1) is 6.52. The minimum absolute atomic E-state index is 0.0428. The quantitative estimate of drug-likeness (QED) is 0.630. The maximum absolute atomic E-state index is 12.1. The molecule has 3 rings (SSSR count). The fourth-order valence-electron chi connectivity index (χ4n) is 3.90. The molecule has 3 nitrogen and oxygen atoms in total. The summed E-state index contributed by atoms with van der Waals surface area (Å²) in [6.07, 6.45) is 1.24. The molecular formula is C11H16O3. The summed E-state index contributed by atoms with van der Waals surface area (Å²) in [5.74, 6) is 0.195. The minimum atomic E-state index is -0.733. The molecular weight excluding hydrogens is 180 g/mol. The monoisotopic (exact) mass is 196 g/mol. The zero-order chi connectivity index (χ0) is 10.1. The molecule has 1 aliphatic heterocycles. The van der Waals surface area contributed by atoms with Crippen LogP contribution in [0, 0.1) is 16.7 Å². The van der Waals surface area contributed by atoms with Crippen LogP contribution < -0.4 is 0 Å². The second kappa shape index (κ2) is 2.22. The molecule has 14 heavy (non-hydrogen) atoms. The number of epoxide rings is 1. The lowest BCUT2D eigenvalue weighted by Crippen LogP contribution is -2.42. The van der Waals surface area contributed by atoms with Gasteiger partial charge in [-0.25, -0.2) is 0 Å². The Labute approximate surface area is 83.4 Å². The van der Waals surface area contributed by atoms with Gasteiger partial charge in [0, 0.05) is 0 Å². The van der Waals surface area contributed by atoms with Gasteiger partial charge < -0.3 is 9.84 Å². The fraction of sp³-hybridized carbons (Fsp3) is 0.909. The maximum Gasteiger partial charge on any atom is 0.170 e. The standard InChI is InChI=1S/C11H16O3/c1-10(2)6-3-4-11(10,7-5-14-7)9(13)8(6)12/h6-8,12H,3-5H2,1-2H3. The van der Waals surface area contributed by atoms with Gasteiger partial charge in [0.1, 0.15) is 6.10 Å². The maximum atomic E-state index is 12.1. The minimum Gasteiger partial charge on any atom is -0.385 e. The van der Waals surface area contributed by atoms with Crippen molar-refractivity contribution in [2.24, 2.45) is 16.7 Å². The predicted octanol–water partition coefficient (Wildman–Crippen LogP) is 0.751. The number of aliphatic hydroxyl groups excluding tert-OH is 1. The third kappa shape index (κ3) is 0.684. The summed E-state index contributed by atoms with van der Waals surface area (Å²) in [5.41, 5.74) is -0.443. The van der Waals surface area contributed by atoms with Gasteiger partial charge in [0.2, 0.25) is 0 Å². The van der Waals surface area contributed by atoms with E-state index in [-0.39, 0.29) is 28.6 Å². The van der Waals surface area contributed by atoms with Crippen LogP contribution in [0.15, 0.2) is 0 Å². The highest BCUT2D eigenvalue weighted by Crippen LogP contribution is 2.67. The molecule has 3 heteroatoms. The SMILES string of the molecule is CC1(C)C2CCC1(C1CO1)C(=O)C2O. The second-order valence-corrected chi connectivity index (χ2v) is 5.47. The van der Waals surface area contributed by atoms with Gasteiger partial charge in [-0.2, -0.15) is 0 Å². The number of hydrogen-bond donors (Lipinski definition) is 1. The van der Waals surface area contributed by atoms with Crippen molar-refractivity contribution < 1.29 is 14.6 Å². The molecule has 2 aliphatic carbocycles. The molecule has 0 aromatic rings. The molecule has 1 N–H and O–H groups in total. The molecule has 78 valence electrons. The first kappa shape index (κ1) is 8.86. The van der Waals surface area contributed by atoms with Crippen molar-refractivity contribution in [3.05, 3.63) is 0 Å². The number of ether oxygens (including phenoxy) is 1. The van der Waals surface area contributed by atoms with Crippen LogP contribution >= 0.6 is 0 Å². The van der Waals surface area contributed by atoms with Gasteiger partial charge in [-0.3, -0.25) is 4.79 Å². The smallest absolute Gasteiger partial charge is 0.170 e. The van der Waals surface area contributed by atoms with Gasteiger partial charge in [-0.1, -0.05) is 13.8 Å². The van der Waals surface area contributed by atoms with Crippen LogP contribution in [0.2, 0.25) is 0 Å². The number of Topliss-reactive ketones (excluding diaryl/α,β-unsaturated/α-hetero) is 1. The summed E-state index contributed by atoms with van der Waals surface area (Å²) in [7, 11) is 0. The zero-order valence-electron chi connectivity index (χ0n) is 8.62. The van der Waals surface area contributed by atoms with Crippen LogP contribution in [-0.4, -0.2) is 29.7 Å². The number of rotatable bonds is 1. The Bertz CT molecular complexity index is 306. The van der Waals surface area contributed by atoms with Crippen molar-refractivity contribution in [2.45, 2.75) is 38.9 Å². The molecule has 3 fully saturated rings. The van der Waals surface area contributed by atoms with Crippen molar-refractivity contribution in [1.29, 1.82) is 0 Å². The summed E-state index contributed by atoms with van der Waals surface area (Å²) >= 11 is 0. The Balaban J connectivity index is 2.12. The highest BCUT2D eigenvalue weighted by atomic mass is 16.6. The van der Waals surface area contributed by atoms with Crippen LogP contribution in [0.5, 0.6) is 0 Å². The van der Waals surface area contributed by atoms with E-state index in [1.54, 1.807) is 0 Å². The predicted molar refractivity (Wildman–Crippen MR) is 49.7 cm³/mol. The fourth-order valence-corrected chi connectivity index (χ4v) is 3.90. The van der Waals surface area contributed by atoms with Crippen LogP contribution in [0.4, 0.5) is 0 Å². The number of carbonyl (C=O) groups excluding carboxylic acids is 1. The van der Waals surface area contributed by atoms with Crippen molar-refractivity contribution in [1.82, 2.24) is 0 Å². The van der Waals surface area contributed by atoms with Crippen LogP contribution in [0.3, 0.4) is 0 Å². The van der Waals surface area contributed by atoms with E-state index in [0.717, 1.165) is 12.8 Å². The van der Waals surface area contributed by atoms with E-state index in [0.29, 0.717) is 6.61 Å². The van der Waals surface area contributed by atoms with E-state index in [9.17, 15) is 9.90 Å². The molecule has 4 unspecified atom stereocenters. The Kier molecular flexibility index (Phi) is 1.41. The van der Waals surface area contributed by atoms with Crippen molar-refractivity contribution in [3.8, 4) is 0 Å². The number of hydrogen-bond acceptors (Lipinski definition) is 3. The molecule has 0 aromatic heterocycles. The van der Waals surface area contributed by atoms with E-state index in [1.807, 2.05) is 0 Å². The number of ketones is 1. The van der Waals surface area contributed by atoms with Gasteiger partial charge in [0.15, 0.2) is 5.78 Å². The lowest BCUT2D eigenvalue weighted by atomic mass is 9.67. The van der Waals surface area contributed by atoms with E-state index in [4.69, 9.17) is 4.74 Å². The van der Waals surface area contributed by atoms with Crippen molar-refractivity contribution in [2.75, 3.05) is 6.61 Å². The molecule has 0 radical (unpaired) electrons. The molecule has 0 aromatic carbocycles. The molecule has 2 saturated carbocycles. The lowest BCUT2D eigenvalue weighted by Gasteiger charge is -2.34. The van der Waals surface area contributed by atoms with E-state index < -0.39 is 6.10 Å². The molecule has 1 saturated heterocycles. The number of fused-ring (bicyclic) bond motifs is 2. The molecule has 3 aliphatic rings.